The molecule has 0 aliphatic carbocycles. The maximum absolute atomic E-state index is 12.2. The zero-order valence-electron chi connectivity index (χ0n) is 11.3. The van der Waals surface area contributed by atoms with E-state index in [2.05, 4.69) is 26.5 Å². The summed E-state index contributed by atoms with van der Waals surface area (Å²) in [5, 5.41) is 6.55. The standard InChI is InChI=1S/C12H12BrClN4O3Se/c13-8-1-2-10-9(7-8)11(19)18(22-10)6-4-15-12(20)17(16-21)5-3-14/h1-2,7H,3-6H2,(H,15,20). The molecule has 2 amide bonds. The van der Waals surface area contributed by atoms with Gasteiger partial charge in [0.25, 0.3) is 0 Å². The SMILES string of the molecule is O=NN(CCCl)C(=O)NCCn1[se]c2ccc(Br)cc2c1=O. The molecular weight excluding hydrogens is 442 g/mol. The average molecular weight is 455 g/mol. The first-order chi connectivity index (χ1) is 10.6. The fourth-order valence-electron chi connectivity index (χ4n) is 1.81. The molecule has 2 rings (SSSR count). The van der Waals surface area contributed by atoms with Crippen molar-refractivity contribution < 1.29 is 4.79 Å². The molecule has 0 saturated heterocycles. The van der Waals surface area contributed by atoms with Gasteiger partial charge < -0.3 is 0 Å². The van der Waals surface area contributed by atoms with Crippen LogP contribution in [-0.4, -0.2) is 48.3 Å². The number of aromatic nitrogens is 1. The van der Waals surface area contributed by atoms with Crippen molar-refractivity contribution >= 4 is 57.9 Å². The summed E-state index contributed by atoms with van der Waals surface area (Å²) in [6, 6.07) is 5.01. The molecule has 1 N–H and O–H groups in total. The molecule has 0 radical (unpaired) electrons. The third-order valence-corrected chi connectivity index (χ3v) is 5.84. The number of nitrogens with one attached hydrogen (secondary N) is 1. The normalized spacial score (nSPS) is 10.6. The number of carbonyl (C=O) groups excluding carboxylic acids is 1. The Morgan fingerprint density at radius 2 is 2.27 bits per heavy atom. The second-order valence-electron chi connectivity index (χ2n) is 4.26. The van der Waals surface area contributed by atoms with Gasteiger partial charge in [-0.3, -0.25) is 0 Å². The van der Waals surface area contributed by atoms with Gasteiger partial charge in [0.15, 0.2) is 0 Å². The van der Waals surface area contributed by atoms with Gasteiger partial charge in [0.1, 0.15) is 0 Å². The van der Waals surface area contributed by atoms with Crippen molar-refractivity contribution in [2.75, 3.05) is 19.0 Å². The van der Waals surface area contributed by atoms with Crippen LogP contribution in [0.4, 0.5) is 4.79 Å². The average Bonchev–Trinajstić information content (AvgIpc) is 2.81. The van der Waals surface area contributed by atoms with Crippen molar-refractivity contribution in [2.24, 2.45) is 5.29 Å². The quantitative estimate of drug-likeness (QED) is 0.312. The number of fused-ring (bicyclic) bond motifs is 1. The van der Waals surface area contributed by atoms with Crippen molar-refractivity contribution in [1.82, 2.24) is 13.9 Å². The summed E-state index contributed by atoms with van der Waals surface area (Å²) in [6.45, 7) is 0.670. The van der Waals surface area contributed by atoms with E-state index in [9.17, 15) is 14.5 Å². The number of carbonyl (C=O) groups is 1. The van der Waals surface area contributed by atoms with Crippen LogP contribution in [0.25, 0.3) is 9.65 Å². The van der Waals surface area contributed by atoms with Crippen LogP contribution < -0.4 is 10.9 Å². The zero-order chi connectivity index (χ0) is 16.1. The van der Waals surface area contributed by atoms with E-state index in [1.54, 1.807) is 9.63 Å². The monoisotopic (exact) mass is 454 g/mol. The van der Waals surface area contributed by atoms with Gasteiger partial charge in [-0.1, -0.05) is 0 Å². The Balaban J connectivity index is 2.00. The zero-order valence-corrected chi connectivity index (χ0v) is 15.3. The van der Waals surface area contributed by atoms with E-state index in [0.29, 0.717) is 11.9 Å². The number of halogens is 2. The van der Waals surface area contributed by atoms with Gasteiger partial charge in [-0.2, -0.15) is 0 Å². The predicted octanol–water partition coefficient (Wildman–Crippen LogP) is 1.75. The van der Waals surface area contributed by atoms with Gasteiger partial charge in [-0.05, 0) is 0 Å². The number of nitroso groups, excluding NO2 is 1. The van der Waals surface area contributed by atoms with Gasteiger partial charge in [-0.15, -0.1) is 0 Å². The summed E-state index contributed by atoms with van der Waals surface area (Å²) in [4.78, 5) is 34.3. The molecule has 10 heteroatoms. The fourth-order valence-corrected chi connectivity index (χ4v) is 4.37. The number of urea groups is 1. The summed E-state index contributed by atoms with van der Waals surface area (Å²) in [7, 11) is 0. The minimum atomic E-state index is -0.616. The van der Waals surface area contributed by atoms with Gasteiger partial charge in [0.05, 0.1) is 0 Å². The molecule has 2 aromatic rings. The van der Waals surface area contributed by atoms with Crippen molar-refractivity contribution in [3.8, 4) is 0 Å². The fraction of sp³-hybridized carbons (Fsp3) is 0.333. The van der Waals surface area contributed by atoms with Gasteiger partial charge in [-0.25, -0.2) is 0 Å². The molecular formula is C12H12BrClN4O3Se. The van der Waals surface area contributed by atoms with Crippen molar-refractivity contribution in [1.29, 1.82) is 0 Å². The van der Waals surface area contributed by atoms with E-state index in [1.807, 2.05) is 12.1 Å². The third-order valence-electron chi connectivity index (χ3n) is 2.83. The van der Waals surface area contributed by atoms with Gasteiger partial charge >= 0.3 is 145 Å². The molecule has 0 unspecified atom stereocenters. The number of benzene rings is 1. The molecule has 0 aliphatic rings. The van der Waals surface area contributed by atoms with Crippen molar-refractivity contribution in [3.63, 3.8) is 0 Å². The maximum atomic E-state index is 12.2. The Hall–Kier alpha value is -1.15. The van der Waals surface area contributed by atoms with Crippen molar-refractivity contribution in [3.05, 3.63) is 37.9 Å². The molecule has 1 aromatic heterocycles. The van der Waals surface area contributed by atoms with Gasteiger partial charge in [0.2, 0.25) is 0 Å². The number of hydrogen-bond acceptors (Lipinski definition) is 4. The van der Waals surface area contributed by atoms with Crippen LogP contribution in [0.3, 0.4) is 0 Å². The summed E-state index contributed by atoms with van der Waals surface area (Å²) in [5.74, 6) is 0.122. The molecule has 1 heterocycles. The number of nitrogens with zero attached hydrogens (tertiary/aromatic N) is 3. The van der Waals surface area contributed by atoms with Crippen LogP contribution in [0.1, 0.15) is 0 Å². The summed E-state index contributed by atoms with van der Waals surface area (Å²) in [6.07, 6.45) is 0. The van der Waals surface area contributed by atoms with Crippen LogP contribution in [0, 0.1) is 4.91 Å². The molecule has 0 saturated carbocycles. The molecule has 0 spiro atoms. The van der Waals surface area contributed by atoms with Crippen LogP contribution >= 0.6 is 27.5 Å². The second kappa shape index (κ2) is 7.92. The molecule has 0 atom stereocenters. The molecule has 0 fully saturated rings. The van der Waals surface area contributed by atoms with E-state index >= 15 is 0 Å². The topological polar surface area (TPSA) is 83.8 Å². The van der Waals surface area contributed by atoms with Crippen LogP contribution in [0.15, 0.2) is 32.8 Å². The van der Waals surface area contributed by atoms with Crippen LogP contribution in [-0.2, 0) is 6.54 Å². The van der Waals surface area contributed by atoms with Crippen molar-refractivity contribution in [2.45, 2.75) is 6.54 Å². The Kier molecular flexibility index (Phi) is 6.19. The van der Waals surface area contributed by atoms with E-state index in [-0.39, 0.29) is 39.3 Å². The first-order valence-corrected chi connectivity index (χ1v) is 9.26. The van der Waals surface area contributed by atoms with E-state index in [1.165, 1.54) is 0 Å². The second-order valence-corrected chi connectivity index (χ2v) is 7.79. The number of rotatable bonds is 6. The third kappa shape index (κ3) is 3.98. The Labute approximate surface area is 145 Å². The van der Waals surface area contributed by atoms with Crippen LogP contribution in [0.2, 0.25) is 0 Å². The molecule has 118 valence electrons. The number of alkyl halides is 1. The van der Waals surface area contributed by atoms with Crippen LogP contribution in [0.5, 0.6) is 0 Å². The first kappa shape index (κ1) is 17.2. The van der Waals surface area contributed by atoms with E-state index in [0.717, 1.165) is 13.7 Å². The van der Waals surface area contributed by atoms with E-state index in [4.69, 9.17) is 11.6 Å². The Bertz CT molecular complexity index is 748. The summed E-state index contributed by atoms with van der Waals surface area (Å²) < 4.78 is 3.58. The molecule has 22 heavy (non-hydrogen) atoms. The molecule has 0 aliphatic heterocycles. The predicted molar refractivity (Wildman–Crippen MR) is 89.5 cm³/mol. The van der Waals surface area contributed by atoms with Gasteiger partial charge in [0, 0.05) is 0 Å². The summed E-state index contributed by atoms with van der Waals surface area (Å²) >= 11 is 8.71. The Morgan fingerprint density at radius 3 is 2.95 bits per heavy atom. The summed E-state index contributed by atoms with van der Waals surface area (Å²) in [5.41, 5.74) is -0.0447. The molecule has 1 aromatic carbocycles. The number of hydrogen-bond donors (Lipinski definition) is 1. The Morgan fingerprint density at radius 1 is 1.50 bits per heavy atom. The first-order valence-electron chi connectivity index (χ1n) is 6.31. The number of amides is 2. The van der Waals surface area contributed by atoms with E-state index < -0.39 is 6.03 Å². The molecule has 0 bridgehead atoms. The molecule has 7 nitrogen and oxygen atoms in total. The minimum absolute atomic E-state index is 0.0446.